The van der Waals surface area contributed by atoms with E-state index in [9.17, 15) is 41.5 Å². The Morgan fingerprint density at radius 1 is 1.07 bits per heavy atom. The minimum Gasteiger partial charge on any atom is -0.427 e. The summed E-state index contributed by atoms with van der Waals surface area (Å²) in [6.45, 7) is 1.01. The van der Waals surface area contributed by atoms with Crippen LogP contribution in [0, 0.1) is 5.82 Å². The molecule has 3 N–H and O–H groups in total. The maximum atomic E-state index is 13.6. The molecule has 230 valence electrons. The molecule has 0 saturated carbocycles. The Balaban J connectivity index is 1.47. The molecule has 15 heteroatoms. The van der Waals surface area contributed by atoms with Gasteiger partial charge in [-0.1, -0.05) is 18.2 Å². The topological polar surface area (TPSA) is 137 Å². The van der Waals surface area contributed by atoms with Gasteiger partial charge in [-0.15, -0.1) is 0 Å². The highest BCUT2D eigenvalue weighted by Gasteiger charge is 2.58. The van der Waals surface area contributed by atoms with Crippen molar-refractivity contribution in [3.8, 4) is 0 Å². The molecule has 2 aromatic rings. The zero-order valence-electron chi connectivity index (χ0n) is 23.2. The number of hydrogen-bond donors (Lipinski definition) is 3. The molecule has 2 atom stereocenters. The number of halogens is 4. The van der Waals surface area contributed by atoms with Crippen LogP contribution in [0.15, 0.2) is 42.5 Å². The summed E-state index contributed by atoms with van der Waals surface area (Å²) in [5.41, 5.74) is -0.232. The van der Waals surface area contributed by atoms with Crippen LogP contribution in [0.2, 0.25) is 0 Å². The molecule has 0 bridgehead atoms. The first-order valence-corrected chi connectivity index (χ1v) is 13.3. The molecule has 1 fully saturated rings. The van der Waals surface area contributed by atoms with Crippen molar-refractivity contribution in [1.29, 1.82) is 0 Å². The summed E-state index contributed by atoms with van der Waals surface area (Å²) in [5.74, 6) is -2.89. The fourth-order valence-electron chi connectivity index (χ4n) is 4.95. The predicted molar refractivity (Wildman–Crippen MR) is 143 cm³/mol. The van der Waals surface area contributed by atoms with Crippen molar-refractivity contribution in [2.24, 2.45) is 0 Å². The van der Waals surface area contributed by atoms with Gasteiger partial charge in [0.1, 0.15) is 18.4 Å². The quantitative estimate of drug-likeness (QED) is 0.296. The third-order valence-corrected chi connectivity index (χ3v) is 7.22. The van der Waals surface area contributed by atoms with E-state index < -0.39 is 60.7 Å². The smallest absolute Gasteiger partial charge is 0.418 e. The Kier molecular flexibility index (Phi) is 8.92. The molecular formula is C28H29F4N5O6. The van der Waals surface area contributed by atoms with Gasteiger partial charge in [-0.3, -0.25) is 14.4 Å². The maximum Gasteiger partial charge on any atom is 0.418 e. The highest BCUT2D eigenvalue weighted by molar-refractivity contribution is 6.06. The molecule has 43 heavy (non-hydrogen) atoms. The van der Waals surface area contributed by atoms with Crippen LogP contribution in [0.4, 0.5) is 32.8 Å². The minimum atomic E-state index is -4.81. The molecule has 0 radical (unpaired) electrons. The monoisotopic (exact) mass is 607 g/mol. The average molecular weight is 608 g/mol. The van der Waals surface area contributed by atoms with Crippen molar-refractivity contribution >= 4 is 35.5 Å². The van der Waals surface area contributed by atoms with Gasteiger partial charge >= 0.3 is 18.3 Å². The summed E-state index contributed by atoms with van der Waals surface area (Å²) >= 11 is 0. The second-order valence-electron chi connectivity index (χ2n) is 10.2. The molecule has 1 saturated heterocycles. The van der Waals surface area contributed by atoms with Crippen LogP contribution in [0.1, 0.15) is 37.0 Å². The lowest BCUT2D eigenvalue weighted by Crippen LogP contribution is -2.51. The molecule has 11 nitrogen and oxygen atoms in total. The van der Waals surface area contributed by atoms with Crippen LogP contribution in [0.25, 0.3) is 0 Å². The number of aryl methyl sites for hydroxylation is 1. The van der Waals surface area contributed by atoms with Crippen molar-refractivity contribution in [3.63, 3.8) is 0 Å². The van der Waals surface area contributed by atoms with Crippen LogP contribution >= 0.6 is 0 Å². The number of nitrogens with zero attached hydrogens (tertiary/aromatic N) is 2. The molecule has 1 aliphatic heterocycles. The standard InChI is InChI=1S/C28H29F4N5O6/c1-16(28(30,31)32)36(14-18-3-5-20(29)6-4-18)23(39)15-37-24(40)27(43-26(37)42)10-9-19-13-21(7-8-22(19)27)35-25(41)34-12-11-33-17(2)38/h3-8,13,16H,9-12,14-15H2,1-2H3,(H,33,38)(H2,34,35,41)/t16-,27+/m0/s1. The molecule has 2 aromatic carbocycles. The summed E-state index contributed by atoms with van der Waals surface area (Å²) in [5, 5.41) is 7.72. The number of nitrogens with one attached hydrogen (secondary N) is 3. The van der Waals surface area contributed by atoms with Crippen molar-refractivity contribution in [2.45, 2.75) is 51.1 Å². The van der Waals surface area contributed by atoms with E-state index in [1.165, 1.54) is 31.2 Å². The molecular weight excluding hydrogens is 578 g/mol. The lowest BCUT2D eigenvalue weighted by molar-refractivity contribution is -0.187. The van der Waals surface area contributed by atoms with Gasteiger partial charge in [0.05, 0.1) is 0 Å². The van der Waals surface area contributed by atoms with E-state index in [-0.39, 0.29) is 37.4 Å². The average Bonchev–Trinajstić information content (AvgIpc) is 3.41. The zero-order valence-corrected chi connectivity index (χ0v) is 23.2. The number of imide groups is 1. The molecule has 0 aromatic heterocycles. The summed E-state index contributed by atoms with van der Waals surface area (Å²) < 4.78 is 59.7. The number of urea groups is 1. The Labute approximate surface area is 243 Å². The second kappa shape index (κ2) is 12.3. The van der Waals surface area contributed by atoms with Gasteiger partial charge in [0.15, 0.2) is 0 Å². The van der Waals surface area contributed by atoms with Gasteiger partial charge in [-0.05, 0) is 48.7 Å². The number of hydrogen-bond acceptors (Lipinski definition) is 6. The molecule has 0 unspecified atom stereocenters. The first-order chi connectivity index (χ1) is 20.2. The first-order valence-electron chi connectivity index (χ1n) is 13.3. The van der Waals surface area contributed by atoms with E-state index in [0.717, 1.165) is 19.1 Å². The molecule has 1 aliphatic carbocycles. The van der Waals surface area contributed by atoms with Gasteiger partial charge in [0.25, 0.3) is 5.91 Å². The Morgan fingerprint density at radius 3 is 2.40 bits per heavy atom. The van der Waals surface area contributed by atoms with Crippen LogP contribution in [0.5, 0.6) is 0 Å². The van der Waals surface area contributed by atoms with Gasteiger partial charge in [0, 0.05) is 44.2 Å². The summed E-state index contributed by atoms with van der Waals surface area (Å²) in [6, 6.07) is 6.33. The molecule has 1 spiro atoms. The Morgan fingerprint density at radius 2 is 1.74 bits per heavy atom. The van der Waals surface area contributed by atoms with Gasteiger partial charge < -0.3 is 25.6 Å². The lowest BCUT2D eigenvalue weighted by atomic mass is 9.94. The summed E-state index contributed by atoms with van der Waals surface area (Å²) in [7, 11) is 0. The van der Waals surface area contributed by atoms with E-state index in [0.29, 0.717) is 26.6 Å². The lowest BCUT2D eigenvalue weighted by Gasteiger charge is -2.31. The first kappa shape index (κ1) is 31.3. The van der Waals surface area contributed by atoms with E-state index >= 15 is 0 Å². The summed E-state index contributed by atoms with van der Waals surface area (Å²) in [6.07, 6.45) is -5.68. The fraction of sp³-hybridized carbons (Fsp3) is 0.393. The van der Waals surface area contributed by atoms with Gasteiger partial charge in [-0.2, -0.15) is 13.2 Å². The van der Waals surface area contributed by atoms with Crippen molar-refractivity contribution < 1.29 is 46.3 Å². The number of benzene rings is 2. The van der Waals surface area contributed by atoms with Gasteiger partial charge in [-0.25, -0.2) is 18.9 Å². The maximum absolute atomic E-state index is 13.6. The normalized spacial score (nSPS) is 18.2. The number of alkyl halides is 3. The number of carbonyl (C=O) groups is 5. The number of rotatable bonds is 9. The van der Waals surface area contributed by atoms with Gasteiger partial charge in [0.2, 0.25) is 17.4 Å². The van der Waals surface area contributed by atoms with Crippen LogP contribution in [-0.2, 0) is 37.7 Å². The Hall–Kier alpha value is -4.69. The van der Waals surface area contributed by atoms with E-state index in [1.54, 1.807) is 6.07 Å². The third kappa shape index (κ3) is 6.87. The SMILES string of the molecule is CC(=O)NCCNC(=O)Nc1ccc2c(c1)CC[C@@]21OC(=O)N(CC(=O)N(Cc2ccc(F)cc2)[C@@H](C)C(F)(F)F)C1=O. The summed E-state index contributed by atoms with van der Waals surface area (Å²) in [4.78, 5) is 63.5. The highest BCUT2D eigenvalue weighted by atomic mass is 19.4. The van der Waals surface area contributed by atoms with Crippen molar-refractivity contribution in [2.75, 3.05) is 25.0 Å². The van der Waals surface area contributed by atoms with E-state index in [4.69, 9.17) is 4.74 Å². The molecule has 2 aliphatic rings. The third-order valence-electron chi connectivity index (χ3n) is 7.22. The molecule has 6 amide bonds. The number of ether oxygens (including phenoxy) is 1. The fourth-order valence-corrected chi connectivity index (χ4v) is 4.95. The zero-order chi connectivity index (χ0) is 31.5. The highest BCUT2D eigenvalue weighted by Crippen LogP contribution is 2.46. The molecule has 1 heterocycles. The van der Waals surface area contributed by atoms with E-state index in [1.807, 2.05) is 0 Å². The second-order valence-corrected chi connectivity index (χ2v) is 10.2. The van der Waals surface area contributed by atoms with Crippen LogP contribution < -0.4 is 16.0 Å². The predicted octanol–water partition coefficient (Wildman–Crippen LogP) is 3.18. The number of anilines is 1. The van der Waals surface area contributed by atoms with Crippen LogP contribution in [0.3, 0.4) is 0 Å². The largest absolute Gasteiger partial charge is 0.427 e. The van der Waals surface area contributed by atoms with E-state index in [2.05, 4.69) is 16.0 Å². The number of carbonyl (C=O) groups excluding carboxylic acids is 5. The molecule has 4 rings (SSSR count). The Bertz CT molecular complexity index is 1430. The number of fused-ring (bicyclic) bond motifs is 2. The van der Waals surface area contributed by atoms with Crippen LogP contribution in [-0.4, -0.2) is 71.5 Å². The number of amides is 6. The van der Waals surface area contributed by atoms with Crippen molar-refractivity contribution in [3.05, 3.63) is 65.0 Å². The van der Waals surface area contributed by atoms with Crippen molar-refractivity contribution in [1.82, 2.24) is 20.4 Å². The minimum absolute atomic E-state index is 0.0300.